The van der Waals surface area contributed by atoms with E-state index >= 15 is 0 Å². The molecule has 1 N–H and O–H groups in total. The topological polar surface area (TPSA) is 38.3 Å². The number of hydrogen-bond donors (Lipinski definition) is 1. The minimum absolute atomic E-state index is 0.0823. The van der Waals surface area contributed by atoms with Crippen molar-refractivity contribution in [2.75, 3.05) is 13.7 Å². The monoisotopic (exact) mass is 259 g/mol. The van der Waals surface area contributed by atoms with Crippen molar-refractivity contribution in [3.8, 4) is 0 Å². The summed E-state index contributed by atoms with van der Waals surface area (Å²) in [5.41, 5.74) is 0. The van der Waals surface area contributed by atoms with Gasteiger partial charge < -0.3 is 10.1 Å². The molecule has 0 amide bonds. The number of carbonyl (C=O) groups excluding carboxylic acids is 1. The standard InChI is InChI=1S/C13H27NO2.C2H6/c1-12(2)14-11-9-7-5-4-6-8-10-13(15)16-3;1-2/h12,14H,4-11H2,1-3H3;1-2H3. The predicted octanol–water partition coefficient (Wildman–Crippen LogP) is 3.91. The van der Waals surface area contributed by atoms with Gasteiger partial charge in [-0.1, -0.05) is 53.4 Å². The van der Waals surface area contributed by atoms with Crippen molar-refractivity contribution < 1.29 is 9.53 Å². The van der Waals surface area contributed by atoms with E-state index in [1.807, 2.05) is 13.8 Å². The first-order valence-electron chi connectivity index (χ1n) is 7.47. The zero-order valence-corrected chi connectivity index (χ0v) is 13.1. The highest BCUT2D eigenvalue weighted by molar-refractivity contribution is 5.68. The van der Waals surface area contributed by atoms with Gasteiger partial charge in [-0.3, -0.25) is 4.79 Å². The highest BCUT2D eigenvalue weighted by Gasteiger charge is 1.99. The average molecular weight is 259 g/mol. The number of nitrogens with one attached hydrogen (secondary N) is 1. The molecule has 0 aliphatic carbocycles. The second-order valence-electron chi connectivity index (χ2n) is 4.56. The molecule has 3 heteroatoms. The fraction of sp³-hybridized carbons (Fsp3) is 0.933. The first kappa shape index (κ1) is 19.8. The van der Waals surface area contributed by atoms with Crippen LogP contribution in [0.3, 0.4) is 0 Å². The summed E-state index contributed by atoms with van der Waals surface area (Å²) in [6, 6.07) is 0.597. The van der Waals surface area contributed by atoms with Crippen molar-refractivity contribution in [2.45, 2.75) is 78.7 Å². The molecule has 0 aromatic rings. The third-order valence-electron chi connectivity index (χ3n) is 2.59. The number of methoxy groups -OCH3 is 1. The summed E-state index contributed by atoms with van der Waals surface area (Å²) >= 11 is 0. The van der Waals surface area contributed by atoms with Crippen LogP contribution in [0, 0.1) is 0 Å². The Hall–Kier alpha value is -0.570. The molecule has 0 radical (unpaired) electrons. The van der Waals surface area contributed by atoms with E-state index < -0.39 is 0 Å². The van der Waals surface area contributed by atoms with Crippen molar-refractivity contribution in [3.63, 3.8) is 0 Å². The van der Waals surface area contributed by atoms with E-state index in [1.54, 1.807) is 0 Å². The molecule has 0 saturated carbocycles. The van der Waals surface area contributed by atoms with E-state index in [1.165, 1.54) is 32.8 Å². The molecule has 0 spiro atoms. The highest BCUT2D eigenvalue weighted by Crippen LogP contribution is 2.07. The number of esters is 1. The van der Waals surface area contributed by atoms with Gasteiger partial charge in [-0.2, -0.15) is 0 Å². The van der Waals surface area contributed by atoms with Crippen LogP contribution < -0.4 is 5.32 Å². The van der Waals surface area contributed by atoms with Gasteiger partial charge in [-0.15, -0.1) is 0 Å². The maximum Gasteiger partial charge on any atom is 0.305 e. The van der Waals surface area contributed by atoms with Crippen LogP contribution in [0.5, 0.6) is 0 Å². The SMILES string of the molecule is CC.COC(=O)CCCCCCCCNC(C)C. The Bertz CT molecular complexity index is 170. The van der Waals surface area contributed by atoms with Gasteiger partial charge >= 0.3 is 5.97 Å². The molecule has 0 fully saturated rings. The molecule has 0 rings (SSSR count). The maximum atomic E-state index is 10.8. The van der Waals surface area contributed by atoms with Crippen LogP contribution in [-0.2, 0) is 9.53 Å². The summed E-state index contributed by atoms with van der Waals surface area (Å²) in [6.45, 7) is 9.47. The molecule has 0 unspecified atom stereocenters. The number of carbonyl (C=O) groups is 1. The van der Waals surface area contributed by atoms with E-state index in [9.17, 15) is 4.79 Å². The molecule has 0 saturated heterocycles. The van der Waals surface area contributed by atoms with Gasteiger partial charge in [-0.25, -0.2) is 0 Å². The fourth-order valence-corrected chi connectivity index (χ4v) is 1.59. The molecule has 18 heavy (non-hydrogen) atoms. The van der Waals surface area contributed by atoms with Gasteiger partial charge in [-0.05, 0) is 19.4 Å². The quantitative estimate of drug-likeness (QED) is 0.477. The fourth-order valence-electron chi connectivity index (χ4n) is 1.59. The van der Waals surface area contributed by atoms with Gasteiger partial charge in [0, 0.05) is 12.5 Å². The van der Waals surface area contributed by atoms with Crippen LogP contribution in [0.2, 0.25) is 0 Å². The molecule has 0 heterocycles. The lowest BCUT2D eigenvalue weighted by molar-refractivity contribution is -0.140. The van der Waals surface area contributed by atoms with E-state index in [0.29, 0.717) is 12.5 Å². The van der Waals surface area contributed by atoms with Crippen LogP contribution in [0.4, 0.5) is 0 Å². The van der Waals surface area contributed by atoms with Gasteiger partial charge in [0.25, 0.3) is 0 Å². The van der Waals surface area contributed by atoms with Crippen molar-refractivity contribution in [1.82, 2.24) is 5.32 Å². The molecule has 0 aromatic carbocycles. The van der Waals surface area contributed by atoms with Gasteiger partial charge in [0.1, 0.15) is 0 Å². The van der Waals surface area contributed by atoms with Gasteiger partial charge in [0.05, 0.1) is 7.11 Å². The van der Waals surface area contributed by atoms with Crippen LogP contribution in [0.15, 0.2) is 0 Å². The summed E-state index contributed by atoms with van der Waals surface area (Å²) in [5.74, 6) is -0.0823. The Morgan fingerprint density at radius 1 is 1.00 bits per heavy atom. The third-order valence-corrected chi connectivity index (χ3v) is 2.59. The second kappa shape index (κ2) is 16.4. The van der Waals surface area contributed by atoms with Crippen molar-refractivity contribution in [2.24, 2.45) is 0 Å². The number of hydrogen-bond acceptors (Lipinski definition) is 3. The molecule has 0 bridgehead atoms. The zero-order chi connectivity index (χ0) is 14.2. The lowest BCUT2D eigenvalue weighted by Crippen LogP contribution is -2.23. The molecular weight excluding hydrogens is 226 g/mol. The van der Waals surface area contributed by atoms with Gasteiger partial charge in [0.2, 0.25) is 0 Å². The molecule has 0 aliphatic heterocycles. The van der Waals surface area contributed by atoms with E-state index in [-0.39, 0.29) is 5.97 Å². The largest absolute Gasteiger partial charge is 0.469 e. The van der Waals surface area contributed by atoms with Crippen molar-refractivity contribution in [1.29, 1.82) is 0 Å². The Labute approximate surface area is 114 Å². The highest BCUT2D eigenvalue weighted by atomic mass is 16.5. The number of rotatable bonds is 10. The van der Waals surface area contributed by atoms with Gasteiger partial charge in [0.15, 0.2) is 0 Å². The summed E-state index contributed by atoms with van der Waals surface area (Å²) in [5, 5.41) is 3.41. The lowest BCUT2D eigenvalue weighted by Gasteiger charge is -2.07. The van der Waals surface area contributed by atoms with Crippen molar-refractivity contribution >= 4 is 5.97 Å². The molecule has 0 atom stereocenters. The summed E-state index contributed by atoms with van der Waals surface area (Å²) in [7, 11) is 1.45. The smallest absolute Gasteiger partial charge is 0.305 e. The molecule has 0 aliphatic rings. The van der Waals surface area contributed by atoms with Crippen LogP contribution in [0.1, 0.15) is 72.6 Å². The van der Waals surface area contributed by atoms with Crippen molar-refractivity contribution in [3.05, 3.63) is 0 Å². The van der Waals surface area contributed by atoms with E-state index in [2.05, 4.69) is 23.9 Å². The third kappa shape index (κ3) is 17.8. The van der Waals surface area contributed by atoms with Crippen LogP contribution >= 0.6 is 0 Å². The lowest BCUT2D eigenvalue weighted by atomic mass is 10.1. The Balaban J connectivity index is 0. The number of ether oxygens (including phenoxy) is 1. The van der Waals surface area contributed by atoms with Crippen LogP contribution in [0.25, 0.3) is 0 Å². The Morgan fingerprint density at radius 2 is 1.50 bits per heavy atom. The normalized spacial score (nSPS) is 9.89. The van der Waals surface area contributed by atoms with E-state index in [0.717, 1.165) is 19.4 Å². The first-order valence-corrected chi connectivity index (χ1v) is 7.47. The predicted molar refractivity (Wildman–Crippen MR) is 78.8 cm³/mol. The Morgan fingerprint density at radius 3 is 2.00 bits per heavy atom. The van der Waals surface area contributed by atoms with E-state index in [4.69, 9.17) is 0 Å². The summed E-state index contributed by atoms with van der Waals surface area (Å²) in [4.78, 5) is 10.8. The molecule has 0 aromatic heterocycles. The minimum atomic E-state index is -0.0823. The maximum absolute atomic E-state index is 10.8. The average Bonchev–Trinajstić information content (AvgIpc) is 2.38. The first-order chi connectivity index (χ1) is 8.66. The summed E-state index contributed by atoms with van der Waals surface area (Å²) in [6.07, 6.45) is 7.75. The minimum Gasteiger partial charge on any atom is -0.469 e. The zero-order valence-electron chi connectivity index (χ0n) is 13.1. The Kier molecular flexibility index (Phi) is 18.0. The molecule has 3 nitrogen and oxygen atoms in total. The van der Waals surface area contributed by atoms with Crippen LogP contribution in [-0.4, -0.2) is 25.7 Å². The number of unbranched alkanes of at least 4 members (excludes halogenated alkanes) is 5. The molecule has 110 valence electrons. The molecular formula is C15H33NO2. The summed E-state index contributed by atoms with van der Waals surface area (Å²) < 4.78 is 4.59. The second-order valence-corrected chi connectivity index (χ2v) is 4.56.